The van der Waals surface area contributed by atoms with Gasteiger partial charge in [-0.1, -0.05) is 18.2 Å². The molecule has 2 aromatic carbocycles. The number of nitrogens with one attached hydrogen (secondary N) is 1. The normalized spacial score (nSPS) is 15.6. The lowest BCUT2D eigenvalue weighted by atomic mass is 9.92. The summed E-state index contributed by atoms with van der Waals surface area (Å²) in [5.41, 5.74) is -9.18. The van der Waals surface area contributed by atoms with Crippen molar-refractivity contribution in [3.05, 3.63) is 59.9 Å². The SMILES string of the molecule is CC(C)(C)OC(=O)n1cc2cc(SCC3(F)CC3)ccc2c1C(=O)Nc1ccc(C(O)(C(F)(F)F)C(F)(F)F)cc1. The fourth-order valence-electron chi connectivity index (χ4n) is 3.94. The standard InChI is InChI=1S/C27H25F7N2O4S/c1-23(2,3)40-22(38)36-13-15-12-18(41-14-24(28)10-11-24)8-9-19(15)20(36)21(37)35-17-6-4-16(5-7-17)25(39,26(29,30)31)27(32,33)34/h4-9,12-13,39H,10-11,14H2,1-3H3,(H,35,37). The first kappa shape index (κ1) is 30.7. The predicted octanol–water partition coefficient (Wildman–Crippen LogP) is 7.58. The number of ether oxygens (including phenoxy) is 1. The highest BCUT2D eigenvalue weighted by molar-refractivity contribution is 7.99. The number of fused-ring (bicyclic) bond motifs is 1. The van der Waals surface area contributed by atoms with E-state index in [9.17, 15) is 45.4 Å². The second-order valence-corrected chi connectivity index (χ2v) is 11.8. The van der Waals surface area contributed by atoms with Gasteiger partial charge in [0, 0.05) is 38.9 Å². The topological polar surface area (TPSA) is 80.6 Å². The maximum Gasteiger partial charge on any atom is 0.430 e. The van der Waals surface area contributed by atoms with Crippen LogP contribution < -0.4 is 5.32 Å². The third-order valence-corrected chi connectivity index (χ3v) is 7.51. The molecule has 0 aliphatic heterocycles. The van der Waals surface area contributed by atoms with Crippen LogP contribution in [-0.4, -0.2) is 51.0 Å². The minimum absolute atomic E-state index is 0.207. The molecule has 2 N–H and O–H groups in total. The first-order valence-electron chi connectivity index (χ1n) is 12.2. The van der Waals surface area contributed by atoms with E-state index >= 15 is 0 Å². The number of carbonyl (C=O) groups is 2. The van der Waals surface area contributed by atoms with Gasteiger partial charge in [0.15, 0.2) is 0 Å². The highest BCUT2D eigenvalue weighted by Gasteiger charge is 2.71. The molecule has 0 spiro atoms. The smallest absolute Gasteiger partial charge is 0.430 e. The van der Waals surface area contributed by atoms with Crippen molar-refractivity contribution in [2.45, 2.75) is 67.7 Å². The fourth-order valence-corrected chi connectivity index (χ4v) is 5.03. The van der Waals surface area contributed by atoms with Gasteiger partial charge in [-0.05, 0) is 57.9 Å². The average molecular weight is 607 g/mol. The molecule has 4 rings (SSSR count). The van der Waals surface area contributed by atoms with Gasteiger partial charge in [0.25, 0.3) is 11.5 Å². The lowest BCUT2D eigenvalue weighted by molar-refractivity contribution is -0.376. The largest absolute Gasteiger partial charge is 0.443 e. The first-order valence-corrected chi connectivity index (χ1v) is 13.2. The number of rotatable bonds is 6. The Hall–Kier alpha value is -3.26. The molecule has 0 saturated heterocycles. The molecule has 14 heteroatoms. The molecule has 41 heavy (non-hydrogen) atoms. The molecule has 0 bridgehead atoms. The first-order chi connectivity index (χ1) is 18.7. The molecule has 1 aromatic heterocycles. The molecule has 1 saturated carbocycles. The Morgan fingerprint density at radius 1 is 1.00 bits per heavy atom. The number of aromatic nitrogens is 1. The Morgan fingerprint density at radius 2 is 1.59 bits per heavy atom. The second-order valence-electron chi connectivity index (χ2n) is 10.8. The van der Waals surface area contributed by atoms with Crippen LogP contribution in [0.25, 0.3) is 10.8 Å². The summed E-state index contributed by atoms with van der Waals surface area (Å²) in [7, 11) is 0. The summed E-state index contributed by atoms with van der Waals surface area (Å²) in [5.74, 6) is -0.673. The molecule has 0 radical (unpaired) electrons. The Kier molecular flexibility index (Phi) is 7.66. The maximum absolute atomic E-state index is 14.1. The molecular formula is C27H25F7N2O4S. The summed E-state index contributed by atoms with van der Waals surface area (Å²) in [5, 5.41) is 12.7. The lowest BCUT2D eigenvalue weighted by Gasteiger charge is -2.32. The number of hydrogen-bond donors (Lipinski definition) is 2. The Balaban J connectivity index is 1.67. The number of amides is 1. The number of thioether (sulfide) groups is 1. The molecule has 1 fully saturated rings. The zero-order valence-corrected chi connectivity index (χ0v) is 22.7. The van der Waals surface area contributed by atoms with Crippen molar-refractivity contribution < 1.29 is 50.2 Å². The Morgan fingerprint density at radius 3 is 2.10 bits per heavy atom. The molecule has 0 atom stereocenters. The minimum atomic E-state index is -6.07. The van der Waals surface area contributed by atoms with Crippen LogP contribution in [0.15, 0.2) is 53.6 Å². The highest BCUT2D eigenvalue weighted by atomic mass is 32.2. The van der Waals surface area contributed by atoms with Gasteiger partial charge in [0.05, 0.1) is 0 Å². The van der Waals surface area contributed by atoms with Gasteiger partial charge in [-0.2, -0.15) is 26.3 Å². The summed E-state index contributed by atoms with van der Waals surface area (Å²) in [6.45, 7) is 4.83. The summed E-state index contributed by atoms with van der Waals surface area (Å²) in [6, 6.07) is 7.15. The van der Waals surface area contributed by atoms with E-state index in [0.717, 1.165) is 16.7 Å². The van der Waals surface area contributed by atoms with Gasteiger partial charge in [0.1, 0.15) is 17.0 Å². The highest BCUT2D eigenvalue weighted by Crippen LogP contribution is 2.50. The van der Waals surface area contributed by atoms with Crippen molar-refractivity contribution in [1.82, 2.24) is 4.57 Å². The van der Waals surface area contributed by atoms with E-state index in [0.29, 0.717) is 40.6 Å². The van der Waals surface area contributed by atoms with Crippen LogP contribution in [0.3, 0.4) is 0 Å². The van der Waals surface area contributed by atoms with Crippen LogP contribution in [0.2, 0.25) is 0 Å². The number of hydrogen-bond acceptors (Lipinski definition) is 5. The third kappa shape index (κ3) is 6.32. The van der Waals surface area contributed by atoms with E-state index in [2.05, 4.69) is 5.32 Å². The fraction of sp³-hybridized carbons (Fsp3) is 0.407. The molecule has 1 aliphatic rings. The van der Waals surface area contributed by atoms with Crippen LogP contribution in [0.5, 0.6) is 0 Å². The van der Waals surface area contributed by atoms with Crippen LogP contribution in [-0.2, 0) is 10.3 Å². The molecule has 1 heterocycles. The van der Waals surface area contributed by atoms with Gasteiger partial charge >= 0.3 is 18.4 Å². The monoisotopic (exact) mass is 606 g/mol. The van der Waals surface area contributed by atoms with Gasteiger partial charge in [-0.15, -0.1) is 11.8 Å². The number of alkyl halides is 7. The molecule has 1 aliphatic carbocycles. The van der Waals surface area contributed by atoms with Crippen LogP contribution in [0.1, 0.15) is 49.7 Å². The molecule has 6 nitrogen and oxygen atoms in total. The Bertz CT molecular complexity index is 1460. The van der Waals surface area contributed by atoms with E-state index in [4.69, 9.17) is 4.74 Å². The number of nitrogens with zero attached hydrogens (tertiary/aromatic N) is 1. The summed E-state index contributed by atoms with van der Waals surface area (Å²) < 4.78 is 99.6. The number of halogens is 7. The number of carbonyl (C=O) groups excluding carboxylic acids is 2. The molecule has 222 valence electrons. The van der Waals surface area contributed by atoms with Crippen molar-refractivity contribution >= 4 is 40.2 Å². The van der Waals surface area contributed by atoms with Crippen LogP contribution >= 0.6 is 11.8 Å². The minimum Gasteiger partial charge on any atom is -0.443 e. The van der Waals surface area contributed by atoms with E-state index in [1.54, 1.807) is 39.0 Å². The summed E-state index contributed by atoms with van der Waals surface area (Å²) in [4.78, 5) is 27.0. The summed E-state index contributed by atoms with van der Waals surface area (Å²) >= 11 is 1.27. The maximum atomic E-state index is 14.1. The van der Waals surface area contributed by atoms with Gasteiger partial charge in [0.2, 0.25) is 0 Å². The zero-order chi connectivity index (χ0) is 30.6. The third-order valence-electron chi connectivity index (χ3n) is 6.26. The second kappa shape index (κ2) is 10.2. The van der Waals surface area contributed by atoms with Crippen LogP contribution in [0, 0.1) is 0 Å². The van der Waals surface area contributed by atoms with Crippen molar-refractivity contribution in [1.29, 1.82) is 0 Å². The van der Waals surface area contributed by atoms with Gasteiger partial charge in [-0.25, -0.2) is 13.8 Å². The van der Waals surface area contributed by atoms with E-state index in [1.807, 2.05) is 0 Å². The average Bonchev–Trinajstić information content (AvgIpc) is 3.45. The summed E-state index contributed by atoms with van der Waals surface area (Å²) in [6.07, 6.45) is -10.7. The van der Waals surface area contributed by atoms with Gasteiger partial charge < -0.3 is 15.2 Å². The van der Waals surface area contributed by atoms with Crippen molar-refractivity contribution in [2.75, 3.05) is 11.1 Å². The molecular weight excluding hydrogens is 581 g/mol. The van der Waals surface area contributed by atoms with E-state index in [-0.39, 0.29) is 17.1 Å². The lowest BCUT2D eigenvalue weighted by Crippen LogP contribution is -2.53. The number of aliphatic hydroxyl groups is 1. The van der Waals surface area contributed by atoms with Crippen molar-refractivity contribution in [3.8, 4) is 0 Å². The van der Waals surface area contributed by atoms with E-state index < -0.39 is 46.8 Å². The van der Waals surface area contributed by atoms with Crippen LogP contribution in [0.4, 0.5) is 41.2 Å². The number of anilines is 1. The molecule has 3 aromatic rings. The Labute approximate surface area is 233 Å². The van der Waals surface area contributed by atoms with Crippen molar-refractivity contribution in [3.63, 3.8) is 0 Å². The van der Waals surface area contributed by atoms with Gasteiger partial charge in [-0.3, -0.25) is 4.79 Å². The predicted molar refractivity (Wildman–Crippen MR) is 138 cm³/mol. The molecule has 1 amide bonds. The van der Waals surface area contributed by atoms with E-state index in [1.165, 1.54) is 18.0 Å². The molecule has 0 unspecified atom stereocenters. The quantitative estimate of drug-likeness (QED) is 0.223. The number of benzene rings is 2. The zero-order valence-electron chi connectivity index (χ0n) is 21.9. The van der Waals surface area contributed by atoms with Crippen molar-refractivity contribution in [2.24, 2.45) is 0 Å².